The second-order valence-electron chi connectivity index (χ2n) is 9.22. The van der Waals surface area contributed by atoms with Gasteiger partial charge in [0.1, 0.15) is 23.9 Å². The molecule has 0 aromatic heterocycles. The Morgan fingerprint density at radius 1 is 1.00 bits per heavy atom. The molecule has 0 saturated carbocycles. The van der Waals surface area contributed by atoms with Gasteiger partial charge in [-0.2, -0.15) is 0 Å². The fourth-order valence-electron chi connectivity index (χ4n) is 4.33. The normalized spacial score (nSPS) is 16.8. The van der Waals surface area contributed by atoms with Crippen LogP contribution in [0.3, 0.4) is 0 Å². The number of hydrogen-bond donors (Lipinski definition) is 1. The minimum atomic E-state index is -0.761. The van der Waals surface area contributed by atoms with Crippen molar-refractivity contribution in [1.29, 1.82) is 0 Å². The number of carbonyl (C=O) groups is 2. The van der Waals surface area contributed by atoms with Crippen LogP contribution in [0.5, 0.6) is 11.5 Å². The molecule has 3 aromatic rings. The summed E-state index contributed by atoms with van der Waals surface area (Å²) in [5.41, 5.74) is 2.08. The van der Waals surface area contributed by atoms with Gasteiger partial charge in [-0.3, -0.25) is 9.59 Å². The van der Waals surface area contributed by atoms with Gasteiger partial charge in [0.05, 0.1) is 23.2 Å². The third-order valence-electron chi connectivity index (χ3n) is 6.28. The summed E-state index contributed by atoms with van der Waals surface area (Å²) in [6.45, 7) is 3.57. The Hall–Kier alpha value is -3.81. The highest BCUT2D eigenvalue weighted by Crippen LogP contribution is 2.40. The maximum absolute atomic E-state index is 13.2. The molecule has 7 nitrogen and oxygen atoms in total. The van der Waals surface area contributed by atoms with Crippen molar-refractivity contribution in [3.8, 4) is 11.5 Å². The third kappa shape index (κ3) is 6.01. The van der Waals surface area contributed by atoms with E-state index in [-0.39, 0.29) is 11.3 Å². The van der Waals surface area contributed by atoms with E-state index in [0.29, 0.717) is 54.0 Å². The molecule has 1 saturated heterocycles. The zero-order valence-electron chi connectivity index (χ0n) is 21.7. The molecule has 0 aliphatic carbocycles. The van der Waals surface area contributed by atoms with Crippen LogP contribution in [0.15, 0.2) is 78.4 Å². The third-order valence-corrected chi connectivity index (χ3v) is 6.57. The molecule has 1 N–H and O–H groups in total. The number of aliphatic hydroxyl groups is 1. The molecule has 0 bridgehead atoms. The Kier molecular flexibility index (Phi) is 8.71. The molecule has 0 spiro atoms. The molecule has 1 unspecified atom stereocenters. The quantitative estimate of drug-likeness (QED) is 0.216. The van der Waals surface area contributed by atoms with Crippen LogP contribution >= 0.6 is 11.6 Å². The maximum atomic E-state index is 13.2. The van der Waals surface area contributed by atoms with Crippen LogP contribution in [0.4, 0.5) is 0 Å². The van der Waals surface area contributed by atoms with E-state index in [9.17, 15) is 14.7 Å². The lowest BCUT2D eigenvalue weighted by atomic mass is 9.95. The van der Waals surface area contributed by atoms with Gasteiger partial charge in [0.15, 0.2) is 0 Å². The fraction of sp³-hybridized carbons (Fsp3) is 0.267. The number of rotatable bonds is 10. The van der Waals surface area contributed by atoms with E-state index in [1.807, 2.05) is 68.4 Å². The molecule has 1 atom stereocenters. The summed E-state index contributed by atoms with van der Waals surface area (Å²) >= 11 is 6.34. The molecule has 3 aromatic carbocycles. The van der Waals surface area contributed by atoms with Gasteiger partial charge >= 0.3 is 0 Å². The molecular formula is C30H31ClN2O5. The second-order valence-corrected chi connectivity index (χ2v) is 9.62. The molecule has 1 heterocycles. The van der Waals surface area contributed by atoms with Crippen molar-refractivity contribution in [2.45, 2.75) is 19.6 Å². The zero-order valence-corrected chi connectivity index (χ0v) is 22.4. The number of hydrogen-bond acceptors (Lipinski definition) is 6. The number of ketones is 1. The van der Waals surface area contributed by atoms with Crippen LogP contribution in [-0.4, -0.2) is 60.4 Å². The molecule has 198 valence electrons. The maximum Gasteiger partial charge on any atom is 0.295 e. The summed E-state index contributed by atoms with van der Waals surface area (Å²) in [5, 5.41) is 11.6. The van der Waals surface area contributed by atoms with Crippen LogP contribution in [0.2, 0.25) is 5.02 Å². The SMILES string of the molecule is CCOc1ccc(C(O)=C2C(=O)C(=O)N(CCN(C)C)C2c2ccc(OCc3ccccc3)cc2)cc1Cl. The highest BCUT2D eigenvalue weighted by molar-refractivity contribution is 6.46. The van der Waals surface area contributed by atoms with Crippen molar-refractivity contribution in [3.63, 3.8) is 0 Å². The molecule has 1 aliphatic rings. The number of ether oxygens (including phenoxy) is 2. The number of amides is 1. The van der Waals surface area contributed by atoms with Crippen molar-refractivity contribution >= 4 is 29.1 Å². The number of nitrogens with zero attached hydrogens (tertiary/aromatic N) is 2. The number of likely N-dealkylation sites (tertiary alicyclic amines) is 1. The monoisotopic (exact) mass is 534 g/mol. The second kappa shape index (κ2) is 12.2. The van der Waals surface area contributed by atoms with Crippen LogP contribution in [0.25, 0.3) is 5.76 Å². The van der Waals surface area contributed by atoms with E-state index >= 15 is 0 Å². The first-order valence-electron chi connectivity index (χ1n) is 12.4. The van der Waals surface area contributed by atoms with E-state index in [1.54, 1.807) is 24.3 Å². The number of likely N-dealkylation sites (N-methyl/N-ethyl adjacent to an activating group) is 1. The van der Waals surface area contributed by atoms with E-state index in [0.717, 1.165) is 5.56 Å². The van der Waals surface area contributed by atoms with Gasteiger partial charge in [0.2, 0.25) is 0 Å². The van der Waals surface area contributed by atoms with Crippen molar-refractivity contribution in [2.24, 2.45) is 0 Å². The predicted octanol–water partition coefficient (Wildman–Crippen LogP) is 5.30. The summed E-state index contributed by atoms with van der Waals surface area (Å²) in [6, 6.07) is 21.1. The van der Waals surface area contributed by atoms with Crippen LogP contribution in [0.1, 0.15) is 29.7 Å². The minimum absolute atomic E-state index is 0.0203. The largest absolute Gasteiger partial charge is 0.507 e. The van der Waals surface area contributed by atoms with Crippen molar-refractivity contribution < 1.29 is 24.2 Å². The smallest absolute Gasteiger partial charge is 0.295 e. The van der Waals surface area contributed by atoms with Gasteiger partial charge < -0.3 is 24.4 Å². The Morgan fingerprint density at radius 3 is 2.34 bits per heavy atom. The Labute approximate surface area is 227 Å². The molecule has 0 radical (unpaired) electrons. The van der Waals surface area contributed by atoms with Gasteiger partial charge in [-0.15, -0.1) is 0 Å². The van der Waals surface area contributed by atoms with Crippen LogP contribution in [0, 0.1) is 0 Å². The summed E-state index contributed by atoms with van der Waals surface area (Å²) < 4.78 is 11.4. The molecular weight excluding hydrogens is 504 g/mol. The molecule has 1 aliphatic heterocycles. The van der Waals surface area contributed by atoms with Gasteiger partial charge in [-0.1, -0.05) is 54.1 Å². The van der Waals surface area contributed by atoms with Crippen LogP contribution < -0.4 is 9.47 Å². The van der Waals surface area contributed by atoms with Crippen LogP contribution in [-0.2, 0) is 16.2 Å². The van der Waals surface area contributed by atoms with Crippen molar-refractivity contribution in [2.75, 3.05) is 33.8 Å². The van der Waals surface area contributed by atoms with E-state index < -0.39 is 17.7 Å². The molecule has 1 fully saturated rings. The molecule has 1 amide bonds. The first-order valence-corrected chi connectivity index (χ1v) is 12.8. The number of halogens is 1. The fourth-order valence-corrected chi connectivity index (χ4v) is 4.56. The van der Waals surface area contributed by atoms with Gasteiger partial charge in [0, 0.05) is 18.7 Å². The van der Waals surface area contributed by atoms with Crippen molar-refractivity contribution in [3.05, 3.63) is 100 Å². The summed E-state index contributed by atoms with van der Waals surface area (Å²) in [7, 11) is 3.79. The average Bonchev–Trinajstić information content (AvgIpc) is 3.17. The number of Topliss-reactive ketones (excluding diaryl/α,β-unsaturated/α-hetero) is 1. The van der Waals surface area contributed by atoms with Gasteiger partial charge in [-0.05, 0) is 62.5 Å². The molecule has 8 heteroatoms. The Morgan fingerprint density at radius 2 is 1.71 bits per heavy atom. The van der Waals surface area contributed by atoms with Gasteiger partial charge in [0.25, 0.3) is 11.7 Å². The number of carbonyl (C=O) groups excluding carboxylic acids is 2. The minimum Gasteiger partial charge on any atom is -0.507 e. The summed E-state index contributed by atoms with van der Waals surface area (Å²) in [5.74, 6) is -0.545. The van der Waals surface area contributed by atoms with E-state index in [2.05, 4.69) is 0 Å². The first-order chi connectivity index (χ1) is 18.3. The Bertz CT molecular complexity index is 1320. The topological polar surface area (TPSA) is 79.3 Å². The summed E-state index contributed by atoms with van der Waals surface area (Å²) in [4.78, 5) is 29.8. The zero-order chi connectivity index (χ0) is 27.2. The lowest BCUT2D eigenvalue weighted by Crippen LogP contribution is -2.35. The lowest BCUT2D eigenvalue weighted by Gasteiger charge is -2.26. The lowest BCUT2D eigenvalue weighted by molar-refractivity contribution is -0.140. The van der Waals surface area contributed by atoms with Gasteiger partial charge in [-0.25, -0.2) is 0 Å². The number of aliphatic hydroxyl groups excluding tert-OH is 1. The van der Waals surface area contributed by atoms with E-state index in [1.165, 1.54) is 11.0 Å². The van der Waals surface area contributed by atoms with E-state index in [4.69, 9.17) is 21.1 Å². The number of benzene rings is 3. The predicted molar refractivity (Wildman–Crippen MR) is 147 cm³/mol. The first kappa shape index (κ1) is 27.2. The Balaban J connectivity index is 1.69. The molecule has 4 rings (SSSR count). The average molecular weight is 535 g/mol. The summed E-state index contributed by atoms with van der Waals surface area (Å²) in [6.07, 6.45) is 0. The molecule has 38 heavy (non-hydrogen) atoms. The van der Waals surface area contributed by atoms with Crippen molar-refractivity contribution in [1.82, 2.24) is 9.80 Å². The highest BCUT2D eigenvalue weighted by atomic mass is 35.5. The highest BCUT2D eigenvalue weighted by Gasteiger charge is 2.45. The standard InChI is InChI=1S/C30H31ClN2O5/c1-4-37-25-15-12-22(18-24(25)31)28(34)26-27(33(17-16-32(2)3)30(36)29(26)35)21-10-13-23(14-11-21)38-19-20-8-6-5-7-9-20/h5-15,18,27,34H,4,16-17,19H2,1-3H3.